The normalized spacial score (nSPS) is 19.5. The molecule has 3 aromatic carbocycles. The topological polar surface area (TPSA) is 163 Å². The maximum Gasteiger partial charge on any atom is 0.326 e. The molecule has 5 rings (SSSR count). The van der Waals surface area contributed by atoms with Crippen LogP contribution in [0.5, 0.6) is 5.75 Å². The SMILES string of the molecule is C=CC(=C)C[C@@H]1NC(=O)COc2ccc(cc2)C[C@@H](C(=O)O)NC(=O)CNC(=O)[C@@H](Cc2ccc(-c3ccccc3)cc2)NC1=O. The molecule has 4 amide bonds. The molecular formula is C35H36N4O7. The molecule has 0 aromatic heterocycles. The van der Waals surface area contributed by atoms with Crippen LogP contribution in [0.15, 0.2) is 104 Å². The number of allylic oxidation sites excluding steroid dienone is 1. The molecule has 0 radical (unpaired) electrons. The van der Waals surface area contributed by atoms with Crippen LogP contribution in [0, 0.1) is 0 Å². The van der Waals surface area contributed by atoms with E-state index in [0.717, 1.165) is 16.7 Å². The van der Waals surface area contributed by atoms with Crippen molar-refractivity contribution in [1.82, 2.24) is 21.3 Å². The second-order valence-corrected chi connectivity index (χ2v) is 10.8. The zero-order valence-corrected chi connectivity index (χ0v) is 25.2. The van der Waals surface area contributed by atoms with Gasteiger partial charge in [0.15, 0.2) is 6.61 Å². The van der Waals surface area contributed by atoms with Gasteiger partial charge in [0, 0.05) is 19.3 Å². The second kappa shape index (κ2) is 15.8. The molecule has 11 nitrogen and oxygen atoms in total. The van der Waals surface area contributed by atoms with E-state index in [9.17, 15) is 29.1 Å². The summed E-state index contributed by atoms with van der Waals surface area (Å²) in [6, 6.07) is 20.1. The molecule has 2 heterocycles. The van der Waals surface area contributed by atoms with E-state index >= 15 is 0 Å². The first-order chi connectivity index (χ1) is 22.1. The highest BCUT2D eigenvalue weighted by atomic mass is 16.5. The van der Waals surface area contributed by atoms with Crippen LogP contribution in [0.3, 0.4) is 0 Å². The fourth-order valence-corrected chi connectivity index (χ4v) is 4.81. The number of ether oxygens (including phenoxy) is 1. The third-order valence-electron chi connectivity index (χ3n) is 7.33. The average molecular weight is 625 g/mol. The van der Waals surface area contributed by atoms with Crippen molar-refractivity contribution in [3.05, 3.63) is 115 Å². The van der Waals surface area contributed by atoms with Crippen molar-refractivity contribution in [3.8, 4) is 16.9 Å². The zero-order chi connectivity index (χ0) is 33.1. The Hall–Kier alpha value is -5.71. The molecule has 2 aliphatic heterocycles. The molecule has 2 bridgehead atoms. The highest BCUT2D eigenvalue weighted by Gasteiger charge is 2.28. The Kier molecular flexibility index (Phi) is 11.4. The summed E-state index contributed by atoms with van der Waals surface area (Å²) < 4.78 is 5.57. The van der Waals surface area contributed by atoms with E-state index < -0.39 is 60.9 Å². The summed E-state index contributed by atoms with van der Waals surface area (Å²) in [5.41, 5.74) is 3.79. The fourth-order valence-electron chi connectivity index (χ4n) is 4.81. The largest absolute Gasteiger partial charge is 0.484 e. The molecule has 0 fully saturated rings. The first kappa shape index (κ1) is 33.2. The predicted octanol–water partition coefficient (Wildman–Crippen LogP) is 2.32. The van der Waals surface area contributed by atoms with Gasteiger partial charge in [0.25, 0.3) is 5.91 Å². The van der Waals surface area contributed by atoms with Gasteiger partial charge in [-0.2, -0.15) is 0 Å². The van der Waals surface area contributed by atoms with Crippen LogP contribution in [0.1, 0.15) is 17.5 Å². The lowest BCUT2D eigenvalue weighted by Gasteiger charge is -2.24. The van der Waals surface area contributed by atoms with Crippen LogP contribution in [0.4, 0.5) is 0 Å². The molecule has 0 saturated carbocycles. The van der Waals surface area contributed by atoms with Crippen LogP contribution in [0.25, 0.3) is 11.1 Å². The number of carbonyl (C=O) groups is 5. The van der Waals surface area contributed by atoms with Crippen molar-refractivity contribution in [2.45, 2.75) is 37.4 Å². The fraction of sp³-hybridized carbons (Fsp3) is 0.229. The van der Waals surface area contributed by atoms with Crippen molar-refractivity contribution >= 4 is 29.6 Å². The van der Waals surface area contributed by atoms with Crippen LogP contribution in [-0.2, 0) is 36.8 Å². The number of aliphatic carboxylic acids is 1. The Labute approximate surface area is 266 Å². The number of carboxylic acids is 1. The van der Waals surface area contributed by atoms with E-state index in [1.807, 2.05) is 54.6 Å². The number of amides is 4. The summed E-state index contributed by atoms with van der Waals surface area (Å²) >= 11 is 0. The van der Waals surface area contributed by atoms with Gasteiger partial charge < -0.3 is 31.1 Å². The van der Waals surface area contributed by atoms with Crippen molar-refractivity contribution < 1.29 is 33.8 Å². The van der Waals surface area contributed by atoms with E-state index in [0.29, 0.717) is 16.9 Å². The summed E-state index contributed by atoms with van der Waals surface area (Å²) in [4.78, 5) is 64.4. The Morgan fingerprint density at radius 2 is 1.50 bits per heavy atom. The minimum Gasteiger partial charge on any atom is -0.484 e. The van der Waals surface area contributed by atoms with Gasteiger partial charge in [0.2, 0.25) is 17.7 Å². The van der Waals surface area contributed by atoms with Gasteiger partial charge >= 0.3 is 5.97 Å². The number of carboxylic acid groups (broad SMARTS) is 1. The van der Waals surface area contributed by atoms with Gasteiger partial charge in [-0.15, -0.1) is 0 Å². The highest BCUT2D eigenvalue weighted by Crippen LogP contribution is 2.20. The van der Waals surface area contributed by atoms with Crippen LogP contribution >= 0.6 is 0 Å². The molecule has 3 aromatic rings. The number of nitrogens with one attached hydrogen (secondary N) is 4. The number of hydrogen-bond acceptors (Lipinski definition) is 6. The maximum absolute atomic E-state index is 13.5. The lowest BCUT2D eigenvalue weighted by atomic mass is 9.99. The number of carbonyl (C=O) groups excluding carboxylic acids is 4. The van der Waals surface area contributed by atoms with Crippen molar-refractivity contribution in [2.75, 3.05) is 13.2 Å². The summed E-state index contributed by atoms with van der Waals surface area (Å²) in [7, 11) is 0. The Morgan fingerprint density at radius 3 is 2.15 bits per heavy atom. The third kappa shape index (κ3) is 9.65. The molecule has 11 heteroatoms. The summed E-state index contributed by atoms with van der Waals surface area (Å²) in [5.74, 6) is -3.54. The number of benzene rings is 3. The molecule has 0 aliphatic carbocycles. The Balaban J connectivity index is 1.59. The minimum atomic E-state index is -1.26. The van der Waals surface area contributed by atoms with Gasteiger partial charge in [-0.05, 0) is 34.4 Å². The van der Waals surface area contributed by atoms with E-state index in [1.54, 1.807) is 24.3 Å². The number of rotatable bonds is 7. The highest BCUT2D eigenvalue weighted by molar-refractivity contribution is 5.94. The number of hydrogen-bond donors (Lipinski definition) is 5. The van der Waals surface area contributed by atoms with Crippen molar-refractivity contribution in [1.29, 1.82) is 0 Å². The zero-order valence-electron chi connectivity index (χ0n) is 25.2. The quantitative estimate of drug-likeness (QED) is 0.199. The first-order valence-corrected chi connectivity index (χ1v) is 14.7. The van der Waals surface area contributed by atoms with Gasteiger partial charge in [-0.1, -0.05) is 91.5 Å². The molecule has 46 heavy (non-hydrogen) atoms. The number of fused-ring (bicyclic) bond motifs is 16. The van der Waals surface area contributed by atoms with E-state index in [4.69, 9.17) is 4.74 Å². The smallest absolute Gasteiger partial charge is 0.326 e. The summed E-state index contributed by atoms with van der Waals surface area (Å²) in [6.07, 6.45) is 1.52. The molecule has 0 unspecified atom stereocenters. The third-order valence-corrected chi connectivity index (χ3v) is 7.33. The monoisotopic (exact) mass is 624 g/mol. The average Bonchev–Trinajstić information content (AvgIpc) is 3.06. The molecule has 0 saturated heterocycles. The van der Waals surface area contributed by atoms with Crippen LogP contribution in [0.2, 0.25) is 0 Å². The maximum atomic E-state index is 13.5. The van der Waals surface area contributed by atoms with Gasteiger partial charge in [0.1, 0.15) is 23.9 Å². The minimum absolute atomic E-state index is 0.0227. The molecule has 5 N–H and O–H groups in total. The van der Waals surface area contributed by atoms with E-state index in [-0.39, 0.29) is 19.3 Å². The van der Waals surface area contributed by atoms with Crippen LogP contribution in [-0.4, -0.2) is 66.0 Å². The Morgan fingerprint density at radius 1 is 0.826 bits per heavy atom. The van der Waals surface area contributed by atoms with Gasteiger partial charge in [0.05, 0.1) is 6.54 Å². The van der Waals surface area contributed by atoms with Gasteiger partial charge in [-0.3, -0.25) is 19.2 Å². The van der Waals surface area contributed by atoms with E-state index in [2.05, 4.69) is 34.4 Å². The molecular weight excluding hydrogens is 588 g/mol. The summed E-state index contributed by atoms with van der Waals surface area (Å²) in [6.45, 7) is 6.59. The molecule has 2 aliphatic rings. The predicted molar refractivity (Wildman–Crippen MR) is 172 cm³/mol. The lowest BCUT2D eigenvalue weighted by Crippen LogP contribution is -2.56. The van der Waals surface area contributed by atoms with Crippen molar-refractivity contribution in [3.63, 3.8) is 0 Å². The lowest BCUT2D eigenvalue weighted by molar-refractivity contribution is -0.141. The van der Waals surface area contributed by atoms with E-state index in [1.165, 1.54) is 6.08 Å². The van der Waals surface area contributed by atoms with Gasteiger partial charge in [-0.25, -0.2) is 4.79 Å². The molecule has 3 atom stereocenters. The molecule has 238 valence electrons. The first-order valence-electron chi connectivity index (χ1n) is 14.7. The second-order valence-electron chi connectivity index (χ2n) is 10.8. The van der Waals surface area contributed by atoms with Crippen LogP contribution < -0.4 is 26.0 Å². The Bertz CT molecular complexity index is 1590. The van der Waals surface area contributed by atoms with Crippen molar-refractivity contribution in [2.24, 2.45) is 0 Å². The molecule has 0 spiro atoms. The standard InChI is InChI=1S/C35H36N4O7/c1-3-22(2)17-28-34(43)39-29(18-23-9-13-26(14-10-23)25-7-5-4-6-8-25)33(42)36-20-31(40)38-30(35(44)45)19-24-11-15-27(16-12-24)46-21-32(41)37-28/h3-16,28-30H,1-2,17-21H2,(H,36,42)(H,37,41)(H,38,40)(H,39,43)(H,44,45)/t28-,29+,30-/m0/s1. The summed E-state index contributed by atoms with van der Waals surface area (Å²) in [5, 5.41) is 20.0.